The van der Waals surface area contributed by atoms with Crippen molar-refractivity contribution in [2.45, 2.75) is 31.7 Å². The summed E-state index contributed by atoms with van der Waals surface area (Å²) in [5.41, 5.74) is 3.35. The van der Waals surface area contributed by atoms with E-state index < -0.39 is 12.0 Å². The lowest BCUT2D eigenvalue weighted by Gasteiger charge is -2.35. The zero-order valence-corrected chi connectivity index (χ0v) is 19.9. The summed E-state index contributed by atoms with van der Waals surface area (Å²) in [6.07, 6.45) is 5.57. The van der Waals surface area contributed by atoms with Gasteiger partial charge in [-0.1, -0.05) is 0 Å². The minimum absolute atomic E-state index is 0.245. The van der Waals surface area contributed by atoms with Crippen molar-refractivity contribution in [1.82, 2.24) is 20.5 Å². The summed E-state index contributed by atoms with van der Waals surface area (Å²) in [4.78, 5) is 31.0. The molecule has 2 aliphatic heterocycles. The Morgan fingerprint density at radius 1 is 1.23 bits per heavy atom. The highest BCUT2D eigenvalue weighted by Gasteiger charge is 2.36. The van der Waals surface area contributed by atoms with Gasteiger partial charge in [-0.15, -0.1) is 0 Å². The van der Waals surface area contributed by atoms with Gasteiger partial charge in [0.05, 0.1) is 25.6 Å². The van der Waals surface area contributed by atoms with Crippen LogP contribution in [0.15, 0.2) is 58.5 Å². The van der Waals surface area contributed by atoms with E-state index in [0.717, 1.165) is 37.2 Å². The van der Waals surface area contributed by atoms with Gasteiger partial charge in [-0.25, -0.2) is 9.59 Å². The van der Waals surface area contributed by atoms with Crippen molar-refractivity contribution in [3.05, 3.63) is 65.4 Å². The van der Waals surface area contributed by atoms with E-state index in [2.05, 4.69) is 32.8 Å². The molecule has 3 aromatic rings. The van der Waals surface area contributed by atoms with Crippen molar-refractivity contribution in [2.75, 3.05) is 33.4 Å². The lowest BCUT2D eigenvalue weighted by atomic mass is 9.89. The maximum atomic E-state index is 12.9. The molecule has 35 heavy (non-hydrogen) atoms. The summed E-state index contributed by atoms with van der Waals surface area (Å²) in [7, 11) is 1.68. The van der Waals surface area contributed by atoms with Gasteiger partial charge in [0.1, 0.15) is 17.6 Å². The van der Waals surface area contributed by atoms with Crippen LogP contribution in [0.4, 0.5) is 4.79 Å². The molecule has 184 valence electrons. The lowest BCUT2D eigenvalue weighted by Crippen LogP contribution is -2.49. The standard InChI is InChI=1S/C26H30N4O5/c1-3-34-25(31)23-21(28-26(32)29-24(23)22-5-4-12-35-22)15-30-10-8-16(9-11-30)19-14-27-20-7-6-17(33-2)13-18(19)20/h4-7,12-14,16,24,27H,3,8-11,15H2,1-2H3,(H2,28,29,32). The number of hydrogen-bond acceptors (Lipinski definition) is 6. The first-order valence-corrected chi connectivity index (χ1v) is 12.0. The number of aromatic nitrogens is 1. The number of likely N-dealkylation sites (tertiary alicyclic amines) is 1. The Bertz CT molecular complexity index is 1240. The van der Waals surface area contributed by atoms with E-state index in [4.69, 9.17) is 13.9 Å². The number of urea groups is 1. The van der Waals surface area contributed by atoms with Gasteiger partial charge < -0.3 is 29.5 Å². The van der Waals surface area contributed by atoms with Crippen LogP contribution in [-0.2, 0) is 9.53 Å². The zero-order chi connectivity index (χ0) is 24.4. The molecule has 0 saturated carbocycles. The topological polar surface area (TPSA) is 109 Å². The smallest absolute Gasteiger partial charge is 0.338 e. The molecular weight excluding hydrogens is 448 g/mol. The van der Waals surface area contributed by atoms with E-state index in [9.17, 15) is 9.59 Å². The Kier molecular flexibility index (Phi) is 6.50. The van der Waals surface area contributed by atoms with Crippen molar-refractivity contribution >= 4 is 22.9 Å². The summed E-state index contributed by atoms with van der Waals surface area (Å²) in [6.45, 7) is 4.15. The molecule has 2 aromatic heterocycles. The van der Waals surface area contributed by atoms with Crippen LogP contribution in [0.25, 0.3) is 10.9 Å². The summed E-state index contributed by atoms with van der Waals surface area (Å²) < 4.78 is 16.3. The van der Waals surface area contributed by atoms with E-state index in [0.29, 0.717) is 29.5 Å². The minimum Gasteiger partial charge on any atom is -0.497 e. The Hall–Kier alpha value is -3.72. The number of methoxy groups -OCH3 is 1. The van der Waals surface area contributed by atoms with Crippen molar-refractivity contribution in [3.8, 4) is 5.75 Å². The van der Waals surface area contributed by atoms with Crippen LogP contribution in [0.1, 0.15) is 43.0 Å². The van der Waals surface area contributed by atoms with Crippen molar-refractivity contribution in [1.29, 1.82) is 0 Å². The molecule has 9 heteroatoms. The van der Waals surface area contributed by atoms with Gasteiger partial charge >= 0.3 is 12.0 Å². The number of H-pyrrole nitrogens is 1. The van der Waals surface area contributed by atoms with E-state index in [1.165, 1.54) is 17.2 Å². The van der Waals surface area contributed by atoms with Gasteiger partial charge in [0.15, 0.2) is 0 Å². The van der Waals surface area contributed by atoms with Gasteiger partial charge in [0.2, 0.25) is 0 Å². The van der Waals surface area contributed by atoms with Crippen LogP contribution in [0.2, 0.25) is 0 Å². The molecule has 0 aliphatic carbocycles. The highest BCUT2D eigenvalue weighted by molar-refractivity contribution is 5.95. The third kappa shape index (κ3) is 4.64. The van der Waals surface area contributed by atoms with Gasteiger partial charge in [-0.2, -0.15) is 0 Å². The highest BCUT2D eigenvalue weighted by Crippen LogP contribution is 2.35. The number of nitrogens with one attached hydrogen (secondary N) is 3. The van der Waals surface area contributed by atoms with Crippen LogP contribution in [0.5, 0.6) is 5.75 Å². The van der Waals surface area contributed by atoms with Gasteiger partial charge in [-0.05, 0) is 74.7 Å². The fourth-order valence-corrected chi connectivity index (χ4v) is 5.07. The Balaban J connectivity index is 1.34. The largest absolute Gasteiger partial charge is 0.497 e. The quantitative estimate of drug-likeness (QED) is 0.446. The number of ether oxygens (including phenoxy) is 2. The molecule has 1 unspecified atom stereocenters. The van der Waals surface area contributed by atoms with Crippen LogP contribution < -0.4 is 15.4 Å². The van der Waals surface area contributed by atoms with Crippen molar-refractivity contribution < 1.29 is 23.5 Å². The predicted molar refractivity (Wildman–Crippen MR) is 130 cm³/mol. The third-order valence-corrected chi connectivity index (χ3v) is 6.81. The molecule has 0 spiro atoms. The highest BCUT2D eigenvalue weighted by atomic mass is 16.5. The third-order valence-electron chi connectivity index (χ3n) is 6.81. The predicted octanol–water partition coefficient (Wildman–Crippen LogP) is 3.82. The van der Waals surface area contributed by atoms with Gasteiger partial charge in [-0.3, -0.25) is 4.90 Å². The lowest BCUT2D eigenvalue weighted by molar-refractivity contribution is -0.139. The average Bonchev–Trinajstić information content (AvgIpc) is 3.54. The Morgan fingerprint density at radius 3 is 2.77 bits per heavy atom. The number of carbonyl (C=O) groups excluding carboxylic acids is 2. The average molecular weight is 479 g/mol. The van der Waals surface area contributed by atoms with Crippen LogP contribution in [-0.4, -0.2) is 55.2 Å². The second-order valence-electron chi connectivity index (χ2n) is 8.87. The second kappa shape index (κ2) is 9.87. The zero-order valence-electron chi connectivity index (χ0n) is 19.9. The van der Waals surface area contributed by atoms with E-state index >= 15 is 0 Å². The number of nitrogens with zero attached hydrogens (tertiary/aromatic N) is 1. The van der Waals surface area contributed by atoms with Crippen LogP contribution in [0, 0.1) is 0 Å². The van der Waals surface area contributed by atoms with Crippen molar-refractivity contribution in [2.24, 2.45) is 0 Å². The molecule has 4 heterocycles. The molecule has 1 fully saturated rings. The molecule has 1 aromatic carbocycles. The second-order valence-corrected chi connectivity index (χ2v) is 8.87. The molecular formula is C26H30N4O5. The Labute approximate surface area is 203 Å². The fraction of sp³-hybridized carbons (Fsp3) is 0.385. The van der Waals surface area contributed by atoms with E-state index in [1.807, 2.05) is 12.1 Å². The number of amides is 2. The molecule has 2 aliphatic rings. The van der Waals surface area contributed by atoms with Crippen LogP contribution in [0.3, 0.4) is 0 Å². The molecule has 3 N–H and O–H groups in total. The molecule has 1 saturated heterocycles. The SMILES string of the molecule is CCOC(=O)C1=C(CN2CCC(c3c[nH]c4ccc(OC)cc34)CC2)NC(=O)NC1c1ccco1. The number of hydrogen-bond donors (Lipinski definition) is 3. The number of fused-ring (bicyclic) bond motifs is 1. The molecule has 0 bridgehead atoms. The van der Waals surface area contributed by atoms with E-state index in [1.54, 1.807) is 26.2 Å². The fourth-order valence-electron chi connectivity index (χ4n) is 5.07. The first kappa shape index (κ1) is 23.0. The number of benzene rings is 1. The molecule has 0 radical (unpaired) electrons. The Morgan fingerprint density at radius 2 is 2.06 bits per heavy atom. The number of aromatic amines is 1. The van der Waals surface area contributed by atoms with Gasteiger partial charge in [0.25, 0.3) is 0 Å². The van der Waals surface area contributed by atoms with Crippen LogP contribution >= 0.6 is 0 Å². The van der Waals surface area contributed by atoms with Crippen molar-refractivity contribution in [3.63, 3.8) is 0 Å². The summed E-state index contributed by atoms with van der Waals surface area (Å²) in [5.74, 6) is 1.30. The minimum atomic E-state index is -0.688. The number of esters is 1. The van der Waals surface area contributed by atoms with Gasteiger partial charge in [0, 0.05) is 29.3 Å². The molecule has 2 amide bonds. The number of furan rings is 1. The maximum Gasteiger partial charge on any atom is 0.338 e. The molecule has 1 atom stereocenters. The van der Waals surface area contributed by atoms with E-state index in [-0.39, 0.29) is 12.6 Å². The number of carbonyl (C=O) groups is 2. The number of rotatable bonds is 7. The molecule has 9 nitrogen and oxygen atoms in total. The molecule has 5 rings (SSSR count). The normalized spacial score (nSPS) is 19.5. The first-order valence-electron chi connectivity index (χ1n) is 12.0. The maximum absolute atomic E-state index is 12.9. The summed E-state index contributed by atoms with van der Waals surface area (Å²) >= 11 is 0. The monoisotopic (exact) mass is 478 g/mol. The summed E-state index contributed by atoms with van der Waals surface area (Å²) in [6, 6.07) is 8.52. The first-order chi connectivity index (χ1) is 17.1. The summed E-state index contributed by atoms with van der Waals surface area (Å²) in [5, 5.41) is 6.84. The number of piperidine rings is 1.